The highest BCUT2D eigenvalue weighted by Crippen LogP contribution is 2.27. The number of ether oxygens (including phenoxy) is 1. The van der Waals surface area contributed by atoms with Crippen molar-refractivity contribution in [1.29, 1.82) is 0 Å². The maximum absolute atomic E-state index is 12.4. The van der Waals surface area contributed by atoms with Crippen LogP contribution in [0, 0.1) is 0 Å². The number of morpholine rings is 1. The minimum absolute atomic E-state index is 0.0606. The van der Waals surface area contributed by atoms with E-state index in [9.17, 15) is 18.0 Å². The van der Waals surface area contributed by atoms with Crippen LogP contribution in [0.2, 0.25) is 0 Å². The lowest BCUT2D eigenvalue weighted by atomic mass is 10.1. The average Bonchev–Trinajstić information content (AvgIpc) is 3.05. The lowest BCUT2D eigenvalue weighted by Crippen LogP contribution is -2.40. The summed E-state index contributed by atoms with van der Waals surface area (Å²) in [5.74, 6) is -1.52. The highest BCUT2D eigenvalue weighted by molar-refractivity contribution is 5.94. The Balaban J connectivity index is 1.66. The van der Waals surface area contributed by atoms with E-state index in [0.717, 1.165) is 0 Å². The van der Waals surface area contributed by atoms with Crippen molar-refractivity contribution in [1.82, 2.24) is 15.0 Å². The molecule has 0 bridgehead atoms. The van der Waals surface area contributed by atoms with Crippen molar-refractivity contribution in [2.24, 2.45) is 0 Å². The lowest BCUT2D eigenvalue weighted by molar-refractivity contribution is -0.159. The van der Waals surface area contributed by atoms with Crippen LogP contribution >= 0.6 is 0 Å². The fourth-order valence-corrected chi connectivity index (χ4v) is 2.34. The number of benzene rings is 1. The Morgan fingerprint density at radius 3 is 2.42 bits per heavy atom. The summed E-state index contributed by atoms with van der Waals surface area (Å²) >= 11 is 0. The molecule has 6 nitrogen and oxygen atoms in total. The third-order valence-corrected chi connectivity index (χ3v) is 3.57. The van der Waals surface area contributed by atoms with Gasteiger partial charge in [-0.2, -0.15) is 18.2 Å². The first kappa shape index (κ1) is 16.4. The zero-order valence-electron chi connectivity index (χ0n) is 12.5. The molecule has 1 saturated heterocycles. The number of nitrogens with zero attached hydrogens (tertiary/aromatic N) is 3. The van der Waals surface area contributed by atoms with E-state index in [1.807, 2.05) is 0 Å². The molecule has 0 unspecified atom stereocenters. The largest absolute Gasteiger partial charge is 0.471 e. The third kappa shape index (κ3) is 3.73. The fourth-order valence-electron chi connectivity index (χ4n) is 2.34. The summed E-state index contributed by atoms with van der Waals surface area (Å²) in [7, 11) is 0. The van der Waals surface area contributed by atoms with Gasteiger partial charge in [0.2, 0.25) is 0 Å². The van der Waals surface area contributed by atoms with Crippen LogP contribution in [0.1, 0.15) is 27.6 Å². The predicted octanol–water partition coefficient (Wildman–Crippen LogP) is 2.15. The molecule has 0 saturated carbocycles. The molecule has 0 N–H and O–H groups in total. The van der Waals surface area contributed by atoms with Crippen LogP contribution < -0.4 is 0 Å². The van der Waals surface area contributed by atoms with Gasteiger partial charge in [-0.3, -0.25) is 4.79 Å². The van der Waals surface area contributed by atoms with E-state index in [1.165, 1.54) is 0 Å². The molecule has 0 aliphatic carbocycles. The van der Waals surface area contributed by atoms with E-state index in [1.54, 1.807) is 29.2 Å². The predicted molar refractivity (Wildman–Crippen MR) is 75.3 cm³/mol. The summed E-state index contributed by atoms with van der Waals surface area (Å²) in [4.78, 5) is 17.3. The van der Waals surface area contributed by atoms with Crippen LogP contribution in [0.25, 0.3) is 0 Å². The molecule has 1 aromatic heterocycles. The van der Waals surface area contributed by atoms with Crippen LogP contribution in [-0.2, 0) is 17.3 Å². The number of carbonyl (C=O) groups is 1. The molecule has 0 atom stereocenters. The van der Waals surface area contributed by atoms with E-state index in [0.29, 0.717) is 37.4 Å². The quantitative estimate of drug-likeness (QED) is 0.856. The van der Waals surface area contributed by atoms with Crippen LogP contribution in [0.5, 0.6) is 0 Å². The summed E-state index contributed by atoms with van der Waals surface area (Å²) in [6, 6.07) is 6.60. The minimum Gasteiger partial charge on any atom is -0.378 e. The minimum atomic E-state index is -4.65. The van der Waals surface area contributed by atoms with Gasteiger partial charge >= 0.3 is 12.1 Å². The molecule has 1 fully saturated rings. The number of amides is 1. The third-order valence-electron chi connectivity index (χ3n) is 3.57. The molecule has 0 radical (unpaired) electrons. The zero-order valence-corrected chi connectivity index (χ0v) is 12.5. The van der Waals surface area contributed by atoms with Gasteiger partial charge in [0.05, 0.1) is 13.2 Å². The average molecular weight is 341 g/mol. The molecule has 1 aliphatic rings. The van der Waals surface area contributed by atoms with Gasteiger partial charge in [0.1, 0.15) is 0 Å². The van der Waals surface area contributed by atoms with Gasteiger partial charge < -0.3 is 14.2 Å². The highest BCUT2D eigenvalue weighted by atomic mass is 19.4. The Hall–Kier alpha value is -2.42. The standard InChI is InChI=1S/C15H14F3N3O3/c16-15(17,18)14-19-12(20-24-14)9-10-1-3-11(4-2-10)13(22)21-5-7-23-8-6-21/h1-4H,5-9H2. The molecule has 3 rings (SSSR count). The fraction of sp³-hybridized carbons (Fsp3) is 0.400. The van der Waals surface area contributed by atoms with Crippen molar-refractivity contribution in [3.8, 4) is 0 Å². The number of rotatable bonds is 3. The molecule has 1 amide bonds. The van der Waals surface area contributed by atoms with Crippen molar-refractivity contribution < 1.29 is 27.2 Å². The second-order valence-corrected chi connectivity index (χ2v) is 5.29. The summed E-state index contributed by atoms with van der Waals surface area (Å²) < 4.78 is 46.6. The number of aromatic nitrogens is 2. The maximum Gasteiger partial charge on any atom is 0.471 e. The number of hydrogen-bond donors (Lipinski definition) is 0. The molecule has 2 heterocycles. The van der Waals surface area contributed by atoms with Gasteiger partial charge in [0, 0.05) is 25.1 Å². The summed E-state index contributed by atoms with van der Waals surface area (Å²) in [6.45, 7) is 2.12. The van der Waals surface area contributed by atoms with E-state index < -0.39 is 12.1 Å². The first-order chi connectivity index (χ1) is 11.4. The van der Waals surface area contributed by atoms with Crippen molar-refractivity contribution in [3.63, 3.8) is 0 Å². The van der Waals surface area contributed by atoms with Gasteiger partial charge in [0.25, 0.3) is 5.91 Å². The van der Waals surface area contributed by atoms with Crippen molar-refractivity contribution >= 4 is 5.91 Å². The van der Waals surface area contributed by atoms with Gasteiger partial charge in [-0.05, 0) is 17.7 Å². The maximum atomic E-state index is 12.4. The normalized spacial score (nSPS) is 15.5. The molecule has 24 heavy (non-hydrogen) atoms. The Morgan fingerprint density at radius 2 is 1.83 bits per heavy atom. The molecule has 1 aliphatic heterocycles. The van der Waals surface area contributed by atoms with Crippen molar-refractivity contribution in [2.45, 2.75) is 12.6 Å². The monoisotopic (exact) mass is 341 g/mol. The first-order valence-corrected chi connectivity index (χ1v) is 7.29. The van der Waals surface area contributed by atoms with Crippen LogP contribution in [0.3, 0.4) is 0 Å². The summed E-state index contributed by atoms with van der Waals surface area (Å²) in [5, 5.41) is 3.31. The number of alkyl halides is 3. The second kappa shape index (κ2) is 6.60. The Morgan fingerprint density at radius 1 is 1.17 bits per heavy atom. The van der Waals surface area contributed by atoms with E-state index in [4.69, 9.17) is 4.74 Å². The molecule has 128 valence electrons. The molecule has 0 spiro atoms. The van der Waals surface area contributed by atoms with Crippen molar-refractivity contribution in [2.75, 3.05) is 26.3 Å². The Kier molecular flexibility index (Phi) is 4.52. The number of carbonyl (C=O) groups excluding carboxylic acids is 1. The molecular weight excluding hydrogens is 327 g/mol. The number of hydrogen-bond acceptors (Lipinski definition) is 5. The van der Waals surface area contributed by atoms with Gasteiger partial charge in [0.15, 0.2) is 5.82 Å². The second-order valence-electron chi connectivity index (χ2n) is 5.29. The lowest BCUT2D eigenvalue weighted by Gasteiger charge is -2.26. The highest BCUT2D eigenvalue weighted by Gasteiger charge is 2.38. The van der Waals surface area contributed by atoms with E-state index >= 15 is 0 Å². The summed E-state index contributed by atoms with van der Waals surface area (Å²) in [6.07, 6.45) is -4.56. The first-order valence-electron chi connectivity index (χ1n) is 7.29. The molecule has 9 heteroatoms. The topological polar surface area (TPSA) is 68.5 Å². The van der Waals surface area contributed by atoms with E-state index in [2.05, 4.69) is 14.7 Å². The smallest absolute Gasteiger partial charge is 0.378 e. The Bertz CT molecular complexity index is 707. The van der Waals surface area contributed by atoms with Gasteiger partial charge in [-0.15, -0.1) is 0 Å². The van der Waals surface area contributed by atoms with Crippen LogP contribution in [0.15, 0.2) is 28.8 Å². The molecule has 1 aromatic carbocycles. The number of halogens is 3. The van der Waals surface area contributed by atoms with Crippen LogP contribution in [-0.4, -0.2) is 47.3 Å². The molecule has 2 aromatic rings. The van der Waals surface area contributed by atoms with E-state index in [-0.39, 0.29) is 18.2 Å². The Labute approximate surface area is 135 Å². The van der Waals surface area contributed by atoms with Gasteiger partial charge in [-0.25, -0.2) is 0 Å². The SMILES string of the molecule is O=C(c1ccc(Cc2noc(C(F)(F)F)n2)cc1)N1CCOCC1. The van der Waals surface area contributed by atoms with Crippen LogP contribution in [0.4, 0.5) is 13.2 Å². The van der Waals surface area contributed by atoms with Crippen molar-refractivity contribution in [3.05, 3.63) is 47.1 Å². The summed E-state index contributed by atoms with van der Waals surface area (Å²) in [5.41, 5.74) is 1.20. The van der Waals surface area contributed by atoms with Gasteiger partial charge in [-0.1, -0.05) is 17.3 Å². The molecular formula is C15H14F3N3O3. The zero-order chi connectivity index (χ0) is 17.2.